The van der Waals surface area contributed by atoms with Crippen molar-refractivity contribution in [3.8, 4) is 0 Å². The van der Waals surface area contributed by atoms with Crippen molar-refractivity contribution in [2.24, 2.45) is 0 Å². The van der Waals surface area contributed by atoms with E-state index in [1.807, 2.05) is 0 Å². The molecule has 0 atom stereocenters. The number of nitrogens with zero attached hydrogens (tertiary/aromatic N) is 6. The largest absolute Gasteiger partial charge is 0.457 e. The molecule has 0 radical (unpaired) electrons. The summed E-state index contributed by atoms with van der Waals surface area (Å²) in [5.41, 5.74) is -6.71. The summed E-state index contributed by atoms with van der Waals surface area (Å²) in [4.78, 5) is 64.1. The van der Waals surface area contributed by atoms with E-state index >= 15 is 0 Å². The molecule has 1 aromatic heterocycles. The molecule has 0 N–H and O–H groups in total. The molecule has 15 heteroatoms. The van der Waals surface area contributed by atoms with Crippen molar-refractivity contribution in [1.82, 2.24) is 14.0 Å². The number of hydrogen-bond acceptors (Lipinski definition) is 9. The third-order valence-electron chi connectivity index (χ3n) is 1.58. The van der Waals surface area contributed by atoms with Crippen molar-refractivity contribution in [3.63, 3.8) is 0 Å². The second-order valence-electron chi connectivity index (χ2n) is 2.50. The van der Waals surface area contributed by atoms with Crippen LogP contribution >= 0.6 is 0 Å². The molecule has 0 unspecified atom stereocenters. The molecule has 0 saturated carbocycles. The lowest BCUT2D eigenvalue weighted by atomic mass is 10.9. The van der Waals surface area contributed by atoms with E-state index in [4.69, 9.17) is 0 Å². The van der Waals surface area contributed by atoms with Gasteiger partial charge in [0, 0.05) is 0 Å². The summed E-state index contributed by atoms with van der Waals surface area (Å²) in [5.74, 6) is 0. The van der Waals surface area contributed by atoms with E-state index in [2.05, 4.69) is 0 Å². The fourth-order valence-corrected chi connectivity index (χ4v) is 0.934. The van der Waals surface area contributed by atoms with Crippen LogP contribution in [-0.4, -0.2) is 29.1 Å². The third kappa shape index (κ3) is 1.60. The normalized spacial score (nSPS) is 10.0. The Bertz CT molecular complexity index is 602. The first-order valence-electron chi connectivity index (χ1n) is 3.65. The lowest BCUT2D eigenvalue weighted by Crippen LogP contribution is -2.59. The molecule has 0 aliphatic carbocycles. The van der Waals surface area contributed by atoms with Crippen LogP contribution in [0.2, 0.25) is 0 Å². The standard InChI is InChI=1S/C3N6O9/c10-1-4(7(13)14)2(11)6(9(17)18)3(12)5(1)8(15)16. The average Bonchev–Trinajstić information content (AvgIpc) is 2.14. The van der Waals surface area contributed by atoms with E-state index in [9.17, 15) is 44.7 Å². The monoisotopic (exact) mass is 264 g/mol. The molecule has 15 nitrogen and oxygen atoms in total. The summed E-state index contributed by atoms with van der Waals surface area (Å²) < 4.78 is -3.10. The molecule has 96 valence electrons. The molecule has 1 aromatic rings. The van der Waals surface area contributed by atoms with Crippen molar-refractivity contribution in [2.75, 3.05) is 0 Å². The van der Waals surface area contributed by atoms with Crippen LogP contribution in [0.3, 0.4) is 0 Å². The van der Waals surface area contributed by atoms with E-state index in [0.717, 1.165) is 0 Å². The number of nitro groups is 3. The SMILES string of the molecule is O=c1n([N+](=O)[O-])c(=O)n([N+](=O)[O-])c(=O)n1[N+](=O)[O-]. The molecule has 0 spiro atoms. The third-order valence-corrected chi connectivity index (χ3v) is 1.58. The zero-order chi connectivity index (χ0) is 14.2. The maximum absolute atomic E-state index is 11.1. The van der Waals surface area contributed by atoms with Gasteiger partial charge in [-0.1, -0.05) is 0 Å². The summed E-state index contributed by atoms with van der Waals surface area (Å²) in [7, 11) is 0. The summed E-state index contributed by atoms with van der Waals surface area (Å²) in [6.45, 7) is 0. The van der Waals surface area contributed by atoms with Crippen molar-refractivity contribution in [2.45, 2.75) is 0 Å². The van der Waals surface area contributed by atoms with E-state index in [1.165, 1.54) is 0 Å². The van der Waals surface area contributed by atoms with Crippen LogP contribution in [-0.2, 0) is 0 Å². The van der Waals surface area contributed by atoms with Crippen LogP contribution in [0.15, 0.2) is 14.4 Å². The smallest absolute Gasteiger partial charge is 0.235 e. The first-order valence-corrected chi connectivity index (χ1v) is 3.65. The Hall–Kier alpha value is -3.39. The minimum Gasteiger partial charge on any atom is -0.235 e. The molecule has 0 aromatic carbocycles. The van der Waals surface area contributed by atoms with Gasteiger partial charge in [-0.25, -0.2) is 44.7 Å². The number of aromatic nitrogens is 3. The highest BCUT2D eigenvalue weighted by Crippen LogP contribution is 1.74. The van der Waals surface area contributed by atoms with E-state index in [-0.39, 0.29) is 0 Å². The molecule has 1 rings (SSSR count). The number of rotatable bonds is 3. The van der Waals surface area contributed by atoms with Gasteiger partial charge in [-0.3, -0.25) is 0 Å². The summed E-state index contributed by atoms with van der Waals surface area (Å²) in [5, 5.41) is 25.7. The van der Waals surface area contributed by atoms with Gasteiger partial charge in [0.2, 0.25) is 0 Å². The van der Waals surface area contributed by atoms with Crippen molar-refractivity contribution >= 4 is 0 Å². The van der Waals surface area contributed by atoms with Crippen LogP contribution in [0.4, 0.5) is 0 Å². The molecular weight excluding hydrogens is 264 g/mol. The highest BCUT2D eigenvalue weighted by molar-refractivity contribution is 4.69. The Morgan fingerprint density at radius 3 is 0.889 bits per heavy atom. The maximum atomic E-state index is 11.1. The van der Waals surface area contributed by atoms with Gasteiger partial charge in [-0.15, -0.1) is 0 Å². The highest BCUT2D eigenvalue weighted by Gasteiger charge is 2.33. The fourth-order valence-electron chi connectivity index (χ4n) is 0.934. The Morgan fingerprint density at radius 2 is 0.778 bits per heavy atom. The zero-order valence-corrected chi connectivity index (χ0v) is 7.86. The summed E-state index contributed by atoms with van der Waals surface area (Å²) in [6.07, 6.45) is 0. The van der Waals surface area contributed by atoms with Crippen LogP contribution in [0.25, 0.3) is 0 Å². The molecule has 0 saturated heterocycles. The molecule has 0 bridgehead atoms. The molecule has 0 amide bonds. The first kappa shape index (κ1) is 12.7. The quantitative estimate of drug-likeness (QED) is 0.389. The molecule has 1 heterocycles. The Kier molecular flexibility index (Phi) is 2.73. The Labute approximate surface area is 92.1 Å². The van der Waals surface area contributed by atoms with Crippen LogP contribution < -0.4 is 17.1 Å². The Balaban J connectivity index is 4.15. The van der Waals surface area contributed by atoms with E-state index in [0.29, 0.717) is 0 Å². The lowest BCUT2D eigenvalue weighted by molar-refractivity contribution is -0.601. The highest BCUT2D eigenvalue weighted by atomic mass is 16.7. The van der Waals surface area contributed by atoms with Crippen molar-refractivity contribution < 1.29 is 15.1 Å². The topological polar surface area (TPSA) is 195 Å². The lowest BCUT2D eigenvalue weighted by Gasteiger charge is -1.96. The molecule has 0 fully saturated rings. The van der Waals surface area contributed by atoms with Gasteiger partial charge in [0.05, 0.1) is 14.0 Å². The second-order valence-corrected chi connectivity index (χ2v) is 2.50. The number of hydrogen-bond donors (Lipinski definition) is 0. The average molecular weight is 264 g/mol. The van der Waals surface area contributed by atoms with Crippen LogP contribution in [0, 0.1) is 30.3 Å². The van der Waals surface area contributed by atoms with Gasteiger partial charge in [-0.05, 0) is 0 Å². The molecule has 0 aliphatic rings. The zero-order valence-electron chi connectivity index (χ0n) is 7.86. The van der Waals surface area contributed by atoms with E-state index in [1.54, 1.807) is 0 Å². The molecule has 0 aliphatic heterocycles. The summed E-state index contributed by atoms with van der Waals surface area (Å²) >= 11 is 0. The van der Waals surface area contributed by atoms with Gasteiger partial charge in [0.25, 0.3) is 0 Å². The molecule has 18 heavy (non-hydrogen) atoms. The first-order chi connectivity index (χ1) is 8.20. The minimum atomic E-state index is -2.24. The summed E-state index contributed by atoms with van der Waals surface area (Å²) in [6, 6.07) is 0. The van der Waals surface area contributed by atoms with Gasteiger partial charge in [-0.2, -0.15) is 0 Å². The fraction of sp³-hybridized carbons (Fsp3) is 0. The van der Waals surface area contributed by atoms with Gasteiger partial charge in [0.15, 0.2) is 15.1 Å². The van der Waals surface area contributed by atoms with Gasteiger partial charge >= 0.3 is 17.1 Å². The maximum Gasteiger partial charge on any atom is 0.457 e. The van der Waals surface area contributed by atoms with Crippen molar-refractivity contribution in [3.05, 3.63) is 61.8 Å². The van der Waals surface area contributed by atoms with Crippen LogP contribution in [0.1, 0.15) is 0 Å². The van der Waals surface area contributed by atoms with Crippen LogP contribution in [0.5, 0.6) is 0 Å². The van der Waals surface area contributed by atoms with Gasteiger partial charge < -0.3 is 0 Å². The minimum absolute atomic E-state index is 1.03. The molecular formula is C3N6O9. The van der Waals surface area contributed by atoms with Gasteiger partial charge in [0.1, 0.15) is 0 Å². The predicted molar refractivity (Wildman–Crippen MR) is 46.4 cm³/mol. The second kappa shape index (κ2) is 3.88. The predicted octanol–water partition coefficient (Wildman–Crippen LogP) is -3.71. The van der Waals surface area contributed by atoms with E-state index < -0.39 is 46.2 Å². The Morgan fingerprint density at radius 1 is 0.611 bits per heavy atom. The van der Waals surface area contributed by atoms with Crippen molar-refractivity contribution in [1.29, 1.82) is 0 Å².